The number of rotatable bonds is 11. The Balaban J connectivity index is 3.85. The first-order valence-corrected chi connectivity index (χ1v) is 7.26. The predicted octanol–water partition coefficient (Wildman–Crippen LogP) is 2.02. The van der Waals surface area contributed by atoms with E-state index in [9.17, 15) is 9.59 Å². The summed E-state index contributed by atoms with van der Waals surface area (Å²) in [7, 11) is 0. The predicted molar refractivity (Wildman–Crippen MR) is 82.2 cm³/mol. The van der Waals surface area contributed by atoms with E-state index in [4.69, 9.17) is 9.84 Å². The Kier molecular flexibility index (Phi) is 10.3. The second kappa shape index (κ2) is 11.1. The van der Waals surface area contributed by atoms with E-state index >= 15 is 0 Å². The van der Waals surface area contributed by atoms with Gasteiger partial charge in [0.25, 0.3) is 0 Å². The molecule has 0 aromatic rings. The van der Waals surface area contributed by atoms with Gasteiger partial charge in [-0.3, -0.25) is 4.79 Å². The number of aliphatic carboxylic acids is 1. The molecule has 0 aromatic heterocycles. The summed E-state index contributed by atoms with van der Waals surface area (Å²) >= 11 is 0. The minimum Gasteiger partial charge on any atom is -0.481 e. The Labute approximate surface area is 126 Å². The van der Waals surface area contributed by atoms with Gasteiger partial charge in [0.05, 0.1) is 13.2 Å². The SMILES string of the molecule is C=C(C)COCCNC(=O)NCC(CC(=O)O)CC(C)C. The first-order valence-electron chi connectivity index (χ1n) is 7.26. The molecule has 0 radical (unpaired) electrons. The zero-order valence-electron chi connectivity index (χ0n) is 13.3. The summed E-state index contributed by atoms with van der Waals surface area (Å²) in [6.45, 7) is 11.3. The largest absolute Gasteiger partial charge is 0.481 e. The van der Waals surface area contributed by atoms with Crippen molar-refractivity contribution >= 4 is 12.0 Å². The molecule has 0 saturated heterocycles. The molecule has 0 rings (SSSR count). The maximum Gasteiger partial charge on any atom is 0.314 e. The molecule has 0 aliphatic heterocycles. The molecule has 1 unspecified atom stereocenters. The van der Waals surface area contributed by atoms with Crippen molar-refractivity contribution in [3.63, 3.8) is 0 Å². The van der Waals surface area contributed by atoms with Crippen molar-refractivity contribution in [3.05, 3.63) is 12.2 Å². The number of carbonyl (C=O) groups is 2. The maximum atomic E-state index is 11.6. The number of carboxylic acids is 1. The van der Waals surface area contributed by atoms with Crippen LogP contribution >= 0.6 is 0 Å². The van der Waals surface area contributed by atoms with E-state index in [1.165, 1.54) is 0 Å². The number of nitrogens with one attached hydrogen (secondary N) is 2. The van der Waals surface area contributed by atoms with Gasteiger partial charge in [-0.15, -0.1) is 0 Å². The second-order valence-electron chi connectivity index (χ2n) is 5.74. The normalized spacial score (nSPS) is 12.0. The number of amides is 2. The molecule has 0 aliphatic carbocycles. The summed E-state index contributed by atoms with van der Waals surface area (Å²) in [6, 6.07) is -0.298. The fraction of sp³-hybridized carbons (Fsp3) is 0.733. The Bertz CT molecular complexity index is 343. The molecule has 6 heteroatoms. The van der Waals surface area contributed by atoms with Crippen LogP contribution in [0.3, 0.4) is 0 Å². The molecule has 3 N–H and O–H groups in total. The van der Waals surface area contributed by atoms with Crippen molar-refractivity contribution in [2.75, 3.05) is 26.3 Å². The fourth-order valence-corrected chi connectivity index (χ4v) is 1.94. The Hall–Kier alpha value is -1.56. The van der Waals surface area contributed by atoms with Crippen LogP contribution in [-0.2, 0) is 9.53 Å². The third kappa shape index (κ3) is 13.2. The Morgan fingerprint density at radius 2 is 1.95 bits per heavy atom. The first-order chi connectivity index (χ1) is 9.81. The lowest BCUT2D eigenvalue weighted by atomic mass is 9.94. The standard InChI is InChI=1S/C15H28N2O4/c1-11(2)7-13(8-14(18)19)9-17-15(20)16-5-6-21-10-12(3)4/h11,13H,3,5-10H2,1-2,4H3,(H,18,19)(H2,16,17,20). The zero-order chi connectivity index (χ0) is 16.3. The summed E-state index contributed by atoms with van der Waals surface area (Å²) in [6.07, 6.45) is 0.842. The van der Waals surface area contributed by atoms with Crippen molar-refractivity contribution in [2.45, 2.75) is 33.6 Å². The summed E-state index contributed by atoms with van der Waals surface area (Å²) < 4.78 is 5.26. The van der Waals surface area contributed by atoms with Crippen LogP contribution in [0.25, 0.3) is 0 Å². The summed E-state index contributed by atoms with van der Waals surface area (Å²) in [5.74, 6) is -0.487. The van der Waals surface area contributed by atoms with Crippen LogP contribution in [0.2, 0.25) is 0 Å². The molecule has 2 amide bonds. The molecular weight excluding hydrogens is 272 g/mol. The fourth-order valence-electron chi connectivity index (χ4n) is 1.94. The van der Waals surface area contributed by atoms with Crippen LogP contribution < -0.4 is 10.6 Å². The van der Waals surface area contributed by atoms with E-state index in [-0.39, 0.29) is 18.4 Å². The number of carbonyl (C=O) groups excluding carboxylic acids is 1. The minimum atomic E-state index is -0.837. The topological polar surface area (TPSA) is 87.7 Å². The van der Waals surface area contributed by atoms with Gasteiger partial charge in [-0.05, 0) is 25.2 Å². The van der Waals surface area contributed by atoms with Gasteiger partial charge < -0.3 is 20.5 Å². The number of ether oxygens (including phenoxy) is 1. The maximum absolute atomic E-state index is 11.6. The number of urea groups is 1. The quantitative estimate of drug-likeness (QED) is 0.402. The van der Waals surface area contributed by atoms with Crippen LogP contribution in [0.1, 0.15) is 33.6 Å². The molecule has 0 aliphatic rings. The average molecular weight is 300 g/mol. The molecule has 0 saturated carbocycles. The van der Waals surface area contributed by atoms with E-state index in [0.717, 1.165) is 12.0 Å². The van der Waals surface area contributed by atoms with Crippen LogP contribution in [-0.4, -0.2) is 43.4 Å². The highest BCUT2D eigenvalue weighted by Crippen LogP contribution is 2.14. The molecule has 0 fully saturated rings. The Morgan fingerprint density at radius 3 is 2.48 bits per heavy atom. The minimum absolute atomic E-state index is 0.0482. The van der Waals surface area contributed by atoms with Crippen LogP contribution in [0.15, 0.2) is 12.2 Å². The monoisotopic (exact) mass is 300 g/mol. The highest BCUT2D eigenvalue weighted by atomic mass is 16.5. The average Bonchev–Trinajstić information content (AvgIpc) is 2.33. The van der Waals surface area contributed by atoms with Gasteiger partial charge in [-0.25, -0.2) is 4.79 Å². The number of carboxylic acid groups (broad SMARTS) is 1. The molecule has 0 heterocycles. The van der Waals surface area contributed by atoms with Gasteiger partial charge >= 0.3 is 12.0 Å². The van der Waals surface area contributed by atoms with Gasteiger partial charge in [0, 0.05) is 19.5 Å². The van der Waals surface area contributed by atoms with Gasteiger partial charge in [-0.2, -0.15) is 0 Å². The third-order valence-corrected chi connectivity index (χ3v) is 2.70. The van der Waals surface area contributed by atoms with Gasteiger partial charge in [0.15, 0.2) is 0 Å². The van der Waals surface area contributed by atoms with Gasteiger partial charge in [0.2, 0.25) is 0 Å². The molecule has 0 aromatic carbocycles. The highest BCUT2D eigenvalue weighted by Gasteiger charge is 2.15. The second-order valence-corrected chi connectivity index (χ2v) is 5.74. The zero-order valence-corrected chi connectivity index (χ0v) is 13.3. The molecule has 6 nitrogen and oxygen atoms in total. The Morgan fingerprint density at radius 1 is 1.29 bits per heavy atom. The number of hydrogen-bond donors (Lipinski definition) is 3. The summed E-state index contributed by atoms with van der Waals surface area (Å²) in [5, 5.41) is 14.2. The lowest BCUT2D eigenvalue weighted by molar-refractivity contribution is -0.138. The summed E-state index contributed by atoms with van der Waals surface area (Å²) in [4.78, 5) is 22.4. The van der Waals surface area contributed by atoms with E-state index < -0.39 is 5.97 Å². The lowest BCUT2D eigenvalue weighted by Gasteiger charge is -2.18. The van der Waals surface area contributed by atoms with Crippen LogP contribution in [0, 0.1) is 11.8 Å². The summed E-state index contributed by atoms with van der Waals surface area (Å²) in [5.41, 5.74) is 0.935. The van der Waals surface area contributed by atoms with Gasteiger partial charge in [-0.1, -0.05) is 26.0 Å². The van der Waals surface area contributed by atoms with Crippen molar-refractivity contribution < 1.29 is 19.4 Å². The smallest absolute Gasteiger partial charge is 0.314 e. The lowest BCUT2D eigenvalue weighted by Crippen LogP contribution is -2.40. The van der Waals surface area contributed by atoms with Crippen molar-refractivity contribution in [3.8, 4) is 0 Å². The van der Waals surface area contributed by atoms with Crippen molar-refractivity contribution in [1.82, 2.24) is 10.6 Å². The molecule has 1 atom stereocenters. The molecular formula is C15H28N2O4. The number of hydrogen-bond acceptors (Lipinski definition) is 3. The molecule has 122 valence electrons. The van der Waals surface area contributed by atoms with Crippen molar-refractivity contribution in [1.29, 1.82) is 0 Å². The third-order valence-electron chi connectivity index (χ3n) is 2.70. The molecule has 0 spiro atoms. The van der Waals surface area contributed by atoms with E-state index in [1.807, 2.05) is 20.8 Å². The van der Waals surface area contributed by atoms with E-state index in [1.54, 1.807) is 0 Å². The van der Waals surface area contributed by atoms with Crippen LogP contribution in [0.4, 0.5) is 4.79 Å². The molecule has 21 heavy (non-hydrogen) atoms. The molecule has 0 bridgehead atoms. The van der Waals surface area contributed by atoms with E-state index in [0.29, 0.717) is 32.2 Å². The van der Waals surface area contributed by atoms with E-state index in [2.05, 4.69) is 17.2 Å². The van der Waals surface area contributed by atoms with Gasteiger partial charge in [0.1, 0.15) is 0 Å². The van der Waals surface area contributed by atoms with Crippen LogP contribution in [0.5, 0.6) is 0 Å². The van der Waals surface area contributed by atoms with Crippen molar-refractivity contribution in [2.24, 2.45) is 11.8 Å². The highest BCUT2D eigenvalue weighted by molar-refractivity contribution is 5.74. The first kappa shape index (κ1) is 19.4.